The third-order valence-electron chi connectivity index (χ3n) is 6.28. The number of ether oxygens (including phenoxy) is 2. The van der Waals surface area contributed by atoms with Crippen LogP contribution in [0.3, 0.4) is 0 Å². The molecule has 9 heteroatoms. The largest absolute Gasteiger partial charge is 0.457 e. The first-order valence-electron chi connectivity index (χ1n) is 11.7. The van der Waals surface area contributed by atoms with Crippen LogP contribution in [0, 0.1) is 26.7 Å². The zero-order chi connectivity index (χ0) is 26.7. The van der Waals surface area contributed by atoms with E-state index in [4.69, 9.17) is 21.1 Å². The lowest BCUT2D eigenvalue weighted by Gasteiger charge is -2.17. The number of halogens is 2. The van der Waals surface area contributed by atoms with Crippen LogP contribution >= 0.6 is 27.5 Å². The highest BCUT2D eigenvalue weighted by Gasteiger charge is 2.36. The smallest absolute Gasteiger partial charge is 0.311 e. The predicted molar refractivity (Wildman–Crippen MR) is 146 cm³/mol. The third kappa shape index (κ3) is 6.32. The first kappa shape index (κ1) is 26.7. The molecule has 0 bridgehead atoms. The fourth-order valence-electron chi connectivity index (χ4n) is 3.95. The maximum absolute atomic E-state index is 12.6. The molecule has 1 N–H and O–H groups in total. The Morgan fingerprint density at radius 3 is 2.43 bits per heavy atom. The van der Waals surface area contributed by atoms with Crippen molar-refractivity contribution in [1.82, 2.24) is 0 Å². The van der Waals surface area contributed by atoms with Crippen molar-refractivity contribution >= 4 is 56.7 Å². The SMILES string of the molecule is Cc1ccc(Oc2ccc(N3C[C@H](C(=O)OCC(=O)Nc4ccc(Br)c(Cl)c4C)CC3=O)cc2)cc1C. The van der Waals surface area contributed by atoms with E-state index in [0.29, 0.717) is 27.7 Å². The molecule has 3 aromatic rings. The fourth-order valence-corrected chi connectivity index (χ4v) is 4.55. The monoisotopic (exact) mass is 584 g/mol. The quantitative estimate of drug-likeness (QED) is 0.327. The first-order chi connectivity index (χ1) is 17.6. The summed E-state index contributed by atoms with van der Waals surface area (Å²) in [6.45, 7) is 5.56. The van der Waals surface area contributed by atoms with E-state index in [2.05, 4.69) is 21.2 Å². The zero-order valence-corrected chi connectivity index (χ0v) is 23.0. The number of carbonyl (C=O) groups is 3. The fraction of sp³-hybridized carbons (Fsp3) is 0.250. The molecule has 3 aromatic carbocycles. The van der Waals surface area contributed by atoms with Gasteiger partial charge in [-0.15, -0.1) is 0 Å². The zero-order valence-electron chi connectivity index (χ0n) is 20.6. The number of rotatable bonds is 7. The van der Waals surface area contributed by atoms with Crippen molar-refractivity contribution in [3.05, 3.63) is 80.8 Å². The summed E-state index contributed by atoms with van der Waals surface area (Å²) < 4.78 is 11.8. The van der Waals surface area contributed by atoms with Gasteiger partial charge in [0.25, 0.3) is 5.91 Å². The highest BCUT2D eigenvalue weighted by atomic mass is 79.9. The summed E-state index contributed by atoms with van der Waals surface area (Å²) in [6.07, 6.45) is 0.0166. The number of nitrogens with one attached hydrogen (secondary N) is 1. The Balaban J connectivity index is 1.30. The van der Waals surface area contributed by atoms with Crippen LogP contribution in [-0.4, -0.2) is 30.9 Å². The summed E-state index contributed by atoms with van der Waals surface area (Å²) in [4.78, 5) is 39.0. The van der Waals surface area contributed by atoms with Crippen LogP contribution < -0.4 is 15.0 Å². The highest BCUT2D eigenvalue weighted by Crippen LogP contribution is 2.32. The van der Waals surface area contributed by atoms with Crippen LogP contribution in [0.4, 0.5) is 11.4 Å². The van der Waals surface area contributed by atoms with E-state index in [0.717, 1.165) is 15.8 Å². The Morgan fingerprint density at radius 1 is 1.03 bits per heavy atom. The minimum Gasteiger partial charge on any atom is -0.457 e. The lowest BCUT2D eigenvalue weighted by atomic mass is 10.1. The molecule has 0 aliphatic carbocycles. The molecule has 1 fully saturated rings. The van der Waals surface area contributed by atoms with E-state index in [-0.39, 0.29) is 18.9 Å². The van der Waals surface area contributed by atoms with Gasteiger partial charge in [-0.1, -0.05) is 17.7 Å². The number of anilines is 2. The Labute approximate surface area is 228 Å². The van der Waals surface area contributed by atoms with Gasteiger partial charge in [-0.3, -0.25) is 14.4 Å². The molecule has 0 spiro atoms. The third-order valence-corrected chi connectivity index (χ3v) is 7.66. The van der Waals surface area contributed by atoms with Gasteiger partial charge in [-0.05, 0) is 102 Å². The molecular formula is C28H26BrClN2O5. The van der Waals surface area contributed by atoms with Crippen LogP contribution in [0.2, 0.25) is 5.02 Å². The second kappa shape index (κ2) is 11.4. The molecule has 1 aliphatic rings. The Morgan fingerprint density at radius 2 is 1.73 bits per heavy atom. The molecule has 1 atom stereocenters. The normalized spacial score (nSPS) is 15.0. The van der Waals surface area contributed by atoms with Gasteiger partial charge in [0.05, 0.1) is 10.9 Å². The van der Waals surface area contributed by atoms with Gasteiger partial charge in [0, 0.05) is 28.8 Å². The minimum absolute atomic E-state index is 0.0166. The molecule has 0 radical (unpaired) electrons. The van der Waals surface area contributed by atoms with Gasteiger partial charge in [0.1, 0.15) is 11.5 Å². The molecule has 0 aromatic heterocycles. The maximum Gasteiger partial charge on any atom is 0.311 e. The molecule has 0 unspecified atom stereocenters. The van der Waals surface area contributed by atoms with Gasteiger partial charge < -0.3 is 19.7 Å². The number of amides is 2. The summed E-state index contributed by atoms with van der Waals surface area (Å²) in [5.41, 5.74) is 4.21. The van der Waals surface area contributed by atoms with Gasteiger partial charge in [0.15, 0.2) is 6.61 Å². The molecule has 4 rings (SSSR count). The topological polar surface area (TPSA) is 84.9 Å². The van der Waals surface area contributed by atoms with Crippen molar-refractivity contribution in [3.8, 4) is 11.5 Å². The second-order valence-corrected chi connectivity index (χ2v) is 10.2. The van der Waals surface area contributed by atoms with E-state index >= 15 is 0 Å². The molecule has 1 aliphatic heterocycles. The molecule has 2 amide bonds. The number of hydrogen-bond donors (Lipinski definition) is 1. The van der Waals surface area contributed by atoms with Gasteiger partial charge >= 0.3 is 5.97 Å². The van der Waals surface area contributed by atoms with Crippen molar-refractivity contribution in [2.24, 2.45) is 5.92 Å². The maximum atomic E-state index is 12.6. The molecule has 37 heavy (non-hydrogen) atoms. The van der Waals surface area contributed by atoms with Crippen LogP contribution in [-0.2, 0) is 19.1 Å². The summed E-state index contributed by atoms with van der Waals surface area (Å²) in [6, 6.07) is 16.4. The molecule has 192 valence electrons. The Bertz CT molecular complexity index is 1360. The van der Waals surface area contributed by atoms with Crippen molar-refractivity contribution in [1.29, 1.82) is 0 Å². The van der Waals surface area contributed by atoms with Crippen LogP contribution in [0.25, 0.3) is 0 Å². The highest BCUT2D eigenvalue weighted by molar-refractivity contribution is 9.10. The van der Waals surface area contributed by atoms with Gasteiger partial charge in [0.2, 0.25) is 5.91 Å². The molecule has 1 heterocycles. The molecule has 0 saturated carbocycles. The van der Waals surface area contributed by atoms with Crippen molar-refractivity contribution < 1.29 is 23.9 Å². The summed E-state index contributed by atoms with van der Waals surface area (Å²) in [7, 11) is 0. The van der Waals surface area contributed by atoms with Gasteiger partial charge in [-0.2, -0.15) is 0 Å². The summed E-state index contributed by atoms with van der Waals surface area (Å²) in [5.74, 6) is -0.548. The van der Waals surface area contributed by atoms with E-state index < -0.39 is 24.4 Å². The minimum atomic E-state index is -0.657. The van der Waals surface area contributed by atoms with Crippen molar-refractivity contribution in [2.75, 3.05) is 23.4 Å². The second-order valence-electron chi connectivity index (χ2n) is 8.94. The Hall–Kier alpha value is -3.36. The van der Waals surface area contributed by atoms with E-state index in [1.165, 1.54) is 5.56 Å². The first-order valence-corrected chi connectivity index (χ1v) is 12.9. The van der Waals surface area contributed by atoms with Crippen molar-refractivity contribution in [2.45, 2.75) is 27.2 Å². The molecule has 1 saturated heterocycles. The molecular weight excluding hydrogens is 560 g/mol. The number of carbonyl (C=O) groups excluding carboxylic acids is 3. The van der Waals surface area contributed by atoms with E-state index in [1.807, 2.05) is 32.0 Å². The predicted octanol–water partition coefficient (Wildman–Crippen LogP) is 6.35. The number of nitrogens with zero attached hydrogens (tertiary/aromatic N) is 1. The number of benzene rings is 3. The van der Waals surface area contributed by atoms with E-state index in [1.54, 1.807) is 48.2 Å². The summed E-state index contributed by atoms with van der Waals surface area (Å²) >= 11 is 9.52. The average molecular weight is 586 g/mol. The van der Waals surface area contributed by atoms with E-state index in [9.17, 15) is 14.4 Å². The number of esters is 1. The van der Waals surface area contributed by atoms with Crippen LogP contribution in [0.5, 0.6) is 11.5 Å². The standard InChI is InChI=1S/C28H26BrClN2O5/c1-16-4-7-22(12-17(16)2)37-21-8-5-20(6-9-21)32-14-19(13-26(32)34)28(35)36-15-25(33)31-24-11-10-23(29)27(30)18(24)3/h4-12,19H,13-15H2,1-3H3,(H,31,33)/t19-/m1/s1. The Kier molecular flexibility index (Phi) is 8.19. The average Bonchev–Trinajstić information content (AvgIpc) is 3.27. The summed E-state index contributed by atoms with van der Waals surface area (Å²) in [5, 5.41) is 3.18. The number of hydrogen-bond acceptors (Lipinski definition) is 5. The number of aryl methyl sites for hydroxylation is 2. The lowest BCUT2D eigenvalue weighted by molar-refractivity contribution is -0.151. The van der Waals surface area contributed by atoms with Crippen LogP contribution in [0.15, 0.2) is 59.1 Å². The lowest BCUT2D eigenvalue weighted by Crippen LogP contribution is -2.28. The molecule has 7 nitrogen and oxygen atoms in total. The van der Waals surface area contributed by atoms with Crippen LogP contribution in [0.1, 0.15) is 23.1 Å². The van der Waals surface area contributed by atoms with Gasteiger partial charge in [-0.25, -0.2) is 0 Å². The van der Waals surface area contributed by atoms with Crippen molar-refractivity contribution in [3.63, 3.8) is 0 Å².